The average Bonchev–Trinajstić information content (AvgIpc) is 2.84. The molecular formula is C13H26IN5. The molecule has 19 heavy (non-hydrogen) atoms. The molecule has 5 nitrogen and oxygen atoms in total. The van der Waals surface area contributed by atoms with E-state index in [2.05, 4.69) is 34.6 Å². The van der Waals surface area contributed by atoms with Gasteiger partial charge in [-0.15, -0.1) is 24.0 Å². The number of hydrogen-bond donors (Lipinski definition) is 2. The number of rotatable bonds is 7. The maximum Gasteiger partial charge on any atom is 0.190 e. The number of aryl methyl sites for hydroxylation is 1. The highest BCUT2D eigenvalue weighted by atomic mass is 127. The van der Waals surface area contributed by atoms with Crippen LogP contribution < -0.4 is 10.6 Å². The van der Waals surface area contributed by atoms with Crippen LogP contribution in [-0.2, 0) is 6.54 Å². The van der Waals surface area contributed by atoms with Gasteiger partial charge in [0.25, 0.3) is 0 Å². The van der Waals surface area contributed by atoms with Crippen LogP contribution in [-0.4, -0.2) is 35.9 Å². The van der Waals surface area contributed by atoms with E-state index < -0.39 is 0 Å². The molecule has 0 atom stereocenters. The molecule has 110 valence electrons. The minimum Gasteiger partial charge on any atom is -0.356 e. The molecule has 0 radical (unpaired) electrons. The van der Waals surface area contributed by atoms with Gasteiger partial charge in [-0.05, 0) is 24.8 Å². The number of nitrogens with one attached hydrogen (secondary N) is 2. The molecule has 1 aromatic heterocycles. The first-order valence-electron chi connectivity index (χ1n) is 6.64. The highest BCUT2D eigenvalue weighted by Crippen LogP contribution is 1.96. The topological polar surface area (TPSA) is 54.2 Å². The fourth-order valence-electron chi connectivity index (χ4n) is 1.58. The SMILES string of the molecule is CN=C(NCCCn1cccn1)NCCC(C)C.I. The summed E-state index contributed by atoms with van der Waals surface area (Å²) in [5, 5.41) is 10.8. The van der Waals surface area contributed by atoms with Crippen LogP contribution in [0, 0.1) is 5.92 Å². The zero-order valence-electron chi connectivity index (χ0n) is 12.1. The third-order valence-corrected chi connectivity index (χ3v) is 2.65. The van der Waals surface area contributed by atoms with Gasteiger partial charge in [0.2, 0.25) is 0 Å². The van der Waals surface area contributed by atoms with E-state index in [4.69, 9.17) is 0 Å². The Morgan fingerprint density at radius 2 is 2.05 bits per heavy atom. The standard InChI is InChI=1S/C13H25N5.HI/c1-12(2)6-9-16-13(14-3)15-7-4-10-18-11-5-8-17-18;/h5,8,11-12H,4,6-7,9-10H2,1-3H3,(H2,14,15,16);1H. The molecule has 0 bridgehead atoms. The number of nitrogens with zero attached hydrogens (tertiary/aromatic N) is 3. The molecule has 0 aliphatic carbocycles. The lowest BCUT2D eigenvalue weighted by Crippen LogP contribution is -2.38. The van der Waals surface area contributed by atoms with E-state index in [0.29, 0.717) is 0 Å². The van der Waals surface area contributed by atoms with Crippen LogP contribution in [0.4, 0.5) is 0 Å². The summed E-state index contributed by atoms with van der Waals surface area (Å²) in [7, 11) is 1.80. The summed E-state index contributed by atoms with van der Waals surface area (Å²) in [6, 6.07) is 1.94. The van der Waals surface area contributed by atoms with E-state index in [1.807, 2.05) is 16.9 Å². The predicted molar refractivity (Wildman–Crippen MR) is 91.1 cm³/mol. The van der Waals surface area contributed by atoms with Crippen LogP contribution in [0.1, 0.15) is 26.7 Å². The van der Waals surface area contributed by atoms with E-state index in [1.165, 1.54) is 0 Å². The highest BCUT2D eigenvalue weighted by molar-refractivity contribution is 14.0. The van der Waals surface area contributed by atoms with Gasteiger partial charge in [-0.2, -0.15) is 5.10 Å². The van der Waals surface area contributed by atoms with Gasteiger partial charge in [0.15, 0.2) is 5.96 Å². The summed E-state index contributed by atoms with van der Waals surface area (Å²) in [6.07, 6.45) is 5.98. The quantitative estimate of drug-likeness (QED) is 0.330. The molecule has 0 spiro atoms. The van der Waals surface area contributed by atoms with E-state index in [1.54, 1.807) is 13.2 Å². The second-order valence-corrected chi connectivity index (χ2v) is 4.73. The van der Waals surface area contributed by atoms with E-state index in [0.717, 1.165) is 44.4 Å². The summed E-state index contributed by atoms with van der Waals surface area (Å²) in [5.74, 6) is 1.60. The smallest absolute Gasteiger partial charge is 0.190 e. The zero-order valence-corrected chi connectivity index (χ0v) is 14.4. The lowest BCUT2D eigenvalue weighted by Gasteiger charge is -2.12. The van der Waals surface area contributed by atoms with Crippen molar-refractivity contribution in [1.82, 2.24) is 20.4 Å². The highest BCUT2D eigenvalue weighted by Gasteiger charge is 1.98. The van der Waals surface area contributed by atoms with Crippen molar-refractivity contribution in [3.63, 3.8) is 0 Å². The molecule has 0 aromatic carbocycles. The first-order valence-corrected chi connectivity index (χ1v) is 6.64. The molecule has 0 unspecified atom stereocenters. The van der Waals surface area contributed by atoms with Crippen molar-refractivity contribution in [1.29, 1.82) is 0 Å². The number of guanidine groups is 1. The van der Waals surface area contributed by atoms with Crippen LogP contribution in [0.3, 0.4) is 0 Å². The van der Waals surface area contributed by atoms with Crippen LogP contribution in [0.25, 0.3) is 0 Å². The molecule has 0 amide bonds. The minimum atomic E-state index is 0. The fraction of sp³-hybridized carbons (Fsp3) is 0.692. The largest absolute Gasteiger partial charge is 0.356 e. The summed E-state index contributed by atoms with van der Waals surface area (Å²) in [5.41, 5.74) is 0. The number of halogens is 1. The van der Waals surface area contributed by atoms with Gasteiger partial charge in [-0.25, -0.2) is 0 Å². The molecule has 0 fully saturated rings. The van der Waals surface area contributed by atoms with Gasteiger partial charge in [0, 0.05) is 39.1 Å². The second-order valence-electron chi connectivity index (χ2n) is 4.73. The third-order valence-electron chi connectivity index (χ3n) is 2.65. The summed E-state index contributed by atoms with van der Waals surface area (Å²) in [4.78, 5) is 4.19. The molecule has 0 saturated carbocycles. The first kappa shape index (κ1) is 18.2. The summed E-state index contributed by atoms with van der Waals surface area (Å²) >= 11 is 0. The van der Waals surface area contributed by atoms with Crippen LogP contribution in [0.2, 0.25) is 0 Å². The van der Waals surface area contributed by atoms with Crippen molar-refractivity contribution in [2.75, 3.05) is 20.1 Å². The lowest BCUT2D eigenvalue weighted by molar-refractivity contribution is 0.559. The number of hydrogen-bond acceptors (Lipinski definition) is 2. The third kappa shape index (κ3) is 8.85. The van der Waals surface area contributed by atoms with Gasteiger partial charge in [-0.1, -0.05) is 13.8 Å². The van der Waals surface area contributed by atoms with Gasteiger partial charge >= 0.3 is 0 Å². The van der Waals surface area contributed by atoms with Crippen molar-refractivity contribution < 1.29 is 0 Å². The molecule has 6 heteroatoms. The normalized spacial score (nSPS) is 11.3. The Labute approximate surface area is 133 Å². The Morgan fingerprint density at radius 3 is 2.63 bits per heavy atom. The maximum absolute atomic E-state index is 4.19. The Hall–Kier alpha value is -0.790. The maximum atomic E-state index is 4.19. The molecule has 1 rings (SSSR count). The Kier molecular flexibility index (Phi) is 10.6. The van der Waals surface area contributed by atoms with E-state index in [9.17, 15) is 0 Å². The van der Waals surface area contributed by atoms with Gasteiger partial charge in [0.1, 0.15) is 0 Å². The van der Waals surface area contributed by atoms with Crippen molar-refractivity contribution in [2.24, 2.45) is 10.9 Å². The first-order chi connectivity index (χ1) is 8.72. The van der Waals surface area contributed by atoms with E-state index >= 15 is 0 Å². The van der Waals surface area contributed by atoms with Crippen molar-refractivity contribution in [3.05, 3.63) is 18.5 Å². The second kappa shape index (κ2) is 11.1. The van der Waals surface area contributed by atoms with Gasteiger partial charge < -0.3 is 10.6 Å². The van der Waals surface area contributed by atoms with Gasteiger partial charge in [-0.3, -0.25) is 9.67 Å². The monoisotopic (exact) mass is 379 g/mol. The molecule has 0 aliphatic heterocycles. The predicted octanol–water partition coefficient (Wildman–Crippen LogP) is 2.10. The number of aliphatic imine (C=N–C) groups is 1. The molecule has 1 aromatic rings. The van der Waals surface area contributed by atoms with Crippen LogP contribution in [0.15, 0.2) is 23.5 Å². The Morgan fingerprint density at radius 1 is 1.32 bits per heavy atom. The average molecular weight is 379 g/mol. The Balaban J connectivity index is 0.00000324. The zero-order chi connectivity index (χ0) is 13.2. The van der Waals surface area contributed by atoms with Crippen LogP contribution >= 0.6 is 24.0 Å². The summed E-state index contributed by atoms with van der Waals surface area (Å²) < 4.78 is 1.94. The molecule has 0 aliphatic rings. The Bertz CT molecular complexity index is 335. The fourth-order valence-corrected chi connectivity index (χ4v) is 1.58. The van der Waals surface area contributed by atoms with Crippen molar-refractivity contribution >= 4 is 29.9 Å². The lowest BCUT2D eigenvalue weighted by atomic mass is 10.1. The van der Waals surface area contributed by atoms with Crippen LogP contribution in [0.5, 0.6) is 0 Å². The minimum absolute atomic E-state index is 0. The van der Waals surface area contributed by atoms with Gasteiger partial charge in [0.05, 0.1) is 0 Å². The number of aromatic nitrogens is 2. The summed E-state index contributed by atoms with van der Waals surface area (Å²) in [6.45, 7) is 7.25. The molecule has 0 saturated heterocycles. The molecular weight excluding hydrogens is 353 g/mol. The van der Waals surface area contributed by atoms with Crippen molar-refractivity contribution in [3.8, 4) is 0 Å². The van der Waals surface area contributed by atoms with Crippen molar-refractivity contribution in [2.45, 2.75) is 33.2 Å². The van der Waals surface area contributed by atoms with E-state index in [-0.39, 0.29) is 24.0 Å². The molecule has 1 heterocycles. The molecule has 2 N–H and O–H groups in total.